The normalized spacial score (nSPS) is 14.0. The highest BCUT2D eigenvalue weighted by Crippen LogP contribution is 2.37. The quantitative estimate of drug-likeness (QED) is 0.819. The summed E-state index contributed by atoms with van der Waals surface area (Å²) in [6, 6.07) is 1.04. The van der Waals surface area contributed by atoms with E-state index >= 15 is 0 Å². The number of nitrogens with zero attached hydrogens (tertiary/aromatic N) is 1. The number of hydrogen-bond donors (Lipinski definition) is 2. The summed E-state index contributed by atoms with van der Waals surface area (Å²) in [4.78, 5) is 23.2. The Hall–Kier alpha value is -2.02. The second kappa shape index (κ2) is 4.27. The minimum absolute atomic E-state index is 0.105. The van der Waals surface area contributed by atoms with Gasteiger partial charge >= 0.3 is 11.4 Å². The number of benzene rings is 1. The van der Waals surface area contributed by atoms with Crippen LogP contribution < -0.4 is 16.1 Å². The zero-order valence-electron chi connectivity index (χ0n) is 9.63. The van der Waals surface area contributed by atoms with E-state index in [2.05, 4.69) is 10.2 Å². The minimum Gasteiger partial charge on any atom is -0.492 e. The molecular formula is C11H9ClFN3O3. The molecule has 2 heterocycles. The van der Waals surface area contributed by atoms with Gasteiger partial charge in [-0.2, -0.15) is 0 Å². The van der Waals surface area contributed by atoms with Crippen molar-refractivity contribution in [3.8, 4) is 11.4 Å². The topological polar surface area (TPSA) is 79.9 Å². The van der Waals surface area contributed by atoms with Gasteiger partial charge in [0.15, 0.2) is 0 Å². The van der Waals surface area contributed by atoms with Crippen LogP contribution in [0.5, 0.6) is 5.75 Å². The maximum atomic E-state index is 14.1. The van der Waals surface area contributed by atoms with Crippen molar-refractivity contribution >= 4 is 11.6 Å². The lowest BCUT2D eigenvalue weighted by atomic mass is 10.0. The first-order chi connectivity index (χ1) is 9.09. The Balaban J connectivity index is 2.39. The maximum Gasteiger partial charge on any atom is 0.349 e. The van der Waals surface area contributed by atoms with Crippen LogP contribution in [0.15, 0.2) is 15.7 Å². The van der Waals surface area contributed by atoms with Crippen LogP contribution in [0, 0.1) is 5.82 Å². The number of H-pyrrole nitrogens is 2. The monoisotopic (exact) mass is 285 g/mol. The first-order valence-electron chi connectivity index (χ1n) is 5.63. The summed E-state index contributed by atoms with van der Waals surface area (Å²) < 4.78 is 20.2. The lowest BCUT2D eigenvalue weighted by molar-refractivity contribution is 0.287. The highest BCUT2D eigenvalue weighted by Gasteiger charge is 2.24. The Kier molecular flexibility index (Phi) is 2.70. The van der Waals surface area contributed by atoms with Crippen molar-refractivity contribution < 1.29 is 9.13 Å². The van der Waals surface area contributed by atoms with E-state index in [4.69, 9.17) is 16.3 Å². The largest absolute Gasteiger partial charge is 0.492 e. The molecule has 2 N–H and O–H groups in total. The molecule has 1 aliphatic heterocycles. The molecule has 8 heteroatoms. The Morgan fingerprint density at radius 2 is 2.00 bits per heavy atom. The average molecular weight is 286 g/mol. The summed E-state index contributed by atoms with van der Waals surface area (Å²) in [6.07, 6.45) is 1.15. The second-order valence-electron chi connectivity index (χ2n) is 4.14. The fourth-order valence-electron chi connectivity index (χ4n) is 2.21. The molecule has 0 atom stereocenters. The Morgan fingerprint density at radius 3 is 2.68 bits per heavy atom. The predicted molar refractivity (Wildman–Crippen MR) is 65.8 cm³/mol. The summed E-state index contributed by atoms with van der Waals surface area (Å²) in [5.74, 6) is -0.404. The molecule has 0 bridgehead atoms. The first-order valence-corrected chi connectivity index (χ1v) is 6.01. The molecule has 2 aromatic rings. The molecular weight excluding hydrogens is 277 g/mol. The molecule has 1 aromatic carbocycles. The fourth-order valence-corrected chi connectivity index (χ4v) is 2.47. The summed E-state index contributed by atoms with van der Waals surface area (Å²) in [5, 5.41) is 4.36. The molecule has 3 rings (SSSR count). The molecule has 0 amide bonds. The van der Waals surface area contributed by atoms with Crippen molar-refractivity contribution in [1.82, 2.24) is 14.8 Å². The van der Waals surface area contributed by atoms with Crippen LogP contribution in [0.4, 0.5) is 4.39 Å². The molecule has 0 radical (unpaired) electrons. The van der Waals surface area contributed by atoms with Crippen LogP contribution in [0.3, 0.4) is 0 Å². The second-order valence-corrected chi connectivity index (χ2v) is 4.55. The van der Waals surface area contributed by atoms with E-state index in [1.165, 1.54) is 0 Å². The van der Waals surface area contributed by atoms with Crippen LogP contribution in [0.25, 0.3) is 5.69 Å². The van der Waals surface area contributed by atoms with Crippen LogP contribution in [0.1, 0.15) is 12.0 Å². The van der Waals surface area contributed by atoms with Gasteiger partial charge in [-0.15, -0.1) is 0 Å². The zero-order valence-corrected chi connectivity index (χ0v) is 10.4. The van der Waals surface area contributed by atoms with Crippen molar-refractivity contribution in [3.05, 3.63) is 43.4 Å². The van der Waals surface area contributed by atoms with E-state index in [9.17, 15) is 14.0 Å². The van der Waals surface area contributed by atoms with E-state index in [1.54, 1.807) is 0 Å². The molecule has 0 spiro atoms. The number of hydrogen-bond acceptors (Lipinski definition) is 3. The van der Waals surface area contributed by atoms with Gasteiger partial charge in [-0.1, -0.05) is 11.6 Å². The highest BCUT2D eigenvalue weighted by molar-refractivity contribution is 6.32. The average Bonchev–Trinajstić information content (AvgIpc) is 2.71. The third-order valence-corrected chi connectivity index (χ3v) is 3.26. The smallest absolute Gasteiger partial charge is 0.349 e. The van der Waals surface area contributed by atoms with Gasteiger partial charge in [-0.25, -0.2) is 28.7 Å². The number of ether oxygens (including phenoxy) is 1. The molecule has 0 aliphatic carbocycles. The lowest BCUT2D eigenvalue weighted by Crippen LogP contribution is -2.28. The molecule has 0 fully saturated rings. The van der Waals surface area contributed by atoms with Gasteiger partial charge in [-0.3, -0.25) is 0 Å². The minimum atomic E-state index is -0.737. The summed E-state index contributed by atoms with van der Waals surface area (Å²) >= 11 is 5.91. The Morgan fingerprint density at radius 1 is 1.32 bits per heavy atom. The SMILES string of the molecule is O=c1[nH][nH]c(=O)n1-c1c(F)cc(Cl)c2c1CCCO2. The van der Waals surface area contributed by atoms with E-state index in [0.29, 0.717) is 35.3 Å². The van der Waals surface area contributed by atoms with Crippen LogP contribution in [0.2, 0.25) is 5.02 Å². The first kappa shape index (κ1) is 12.0. The van der Waals surface area contributed by atoms with Gasteiger partial charge in [0, 0.05) is 5.56 Å². The van der Waals surface area contributed by atoms with Gasteiger partial charge in [0.25, 0.3) is 0 Å². The number of aromatic nitrogens is 3. The molecule has 19 heavy (non-hydrogen) atoms. The third-order valence-electron chi connectivity index (χ3n) is 2.98. The van der Waals surface area contributed by atoms with Gasteiger partial charge in [0.2, 0.25) is 0 Å². The van der Waals surface area contributed by atoms with E-state index in [1.807, 2.05) is 0 Å². The van der Waals surface area contributed by atoms with Crippen LogP contribution >= 0.6 is 11.6 Å². The van der Waals surface area contributed by atoms with Crippen LogP contribution in [-0.2, 0) is 6.42 Å². The molecule has 1 aliphatic rings. The van der Waals surface area contributed by atoms with Crippen molar-refractivity contribution in [2.75, 3.05) is 6.61 Å². The predicted octanol–water partition coefficient (Wildman–Crippen LogP) is 0.971. The number of fused-ring (bicyclic) bond motifs is 1. The number of halogens is 2. The van der Waals surface area contributed by atoms with E-state index < -0.39 is 17.2 Å². The Labute approximate surface area is 110 Å². The van der Waals surface area contributed by atoms with Crippen molar-refractivity contribution in [1.29, 1.82) is 0 Å². The number of aromatic amines is 2. The summed E-state index contributed by atoms with van der Waals surface area (Å²) in [5.41, 5.74) is -1.15. The fraction of sp³-hybridized carbons (Fsp3) is 0.273. The molecule has 6 nitrogen and oxygen atoms in total. The molecule has 100 valence electrons. The molecule has 0 saturated carbocycles. The maximum absolute atomic E-state index is 14.1. The third kappa shape index (κ3) is 1.77. The van der Waals surface area contributed by atoms with E-state index in [0.717, 1.165) is 6.07 Å². The van der Waals surface area contributed by atoms with Crippen molar-refractivity contribution in [2.45, 2.75) is 12.8 Å². The van der Waals surface area contributed by atoms with Crippen molar-refractivity contribution in [3.63, 3.8) is 0 Å². The highest BCUT2D eigenvalue weighted by atomic mass is 35.5. The summed E-state index contributed by atoms with van der Waals surface area (Å²) in [7, 11) is 0. The van der Waals surface area contributed by atoms with Gasteiger partial charge < -0.3 is 4.74 Å². The van der Waals surface area contributed by atoms with Crippen molar-refractivity contribution in [2.24, 2.45) is 0 Å². The number of rotatable bonds is 1. The standard InChI is InChI=1S/C11H9ClFN3O3/c12-6-4-7(13)8(5-2-1-3-19-9(5)6)16-10(17)14-15-11(16)18/h4H,1-3H2,(H,14,17)(H,15,18). The zero-order chi connectivity index (χ0) is 13.6. The number of nitrogens with one attached hydrogen (secondary N) is 2. The van der Waals surface area contributed by atoms with E-state index in [-0.39, 0.29) is 10.7 Å². The molecule has 1 aromatic heterocycles. The Bertz CT molecular complexity index is 734. The van der Waals surface area contributed by atoms with Gasteiger partial charge in [-0.05, 0) is 18.9 Å². The lowest BCUT2D eigenvalue weighted by Gasteiger charge is -2.21. The molecule has 0 unspecified atom stereocenters. The van der Waals surface area contributed by atoms with Gasteiger partial charge in [0.1, 0.15) is 11.6 Å². The summed E-state index contributed by atoms with van der Waals surface area (Å²) in [6.45, 7) is 0.468. The molecule has 0 saturated heterocycles. The van der Waals surface area contributed by atoms with Gasteiger partial charge in [0.05, 0.1) is 17.3 Å². The van der Waals surface area contributed by atoms with Crippen LogP contribution in [-0.4, -0.2) is 21.4 Å².